The van der Waals surface area contributed by atoms with Gasteiger partial charge in [-0.25, -0.2) is 4.98 Å². The zero-order chi connectivity index (χ0) is 12.4. The fourth-order valence-electron chi connectivity index (χ4n) is 2.44. The minimum atomic E-state index is 0.779. The van der Waals surface area contributed by atoms with E-state index in [1.54, 1.807) is 0 Å². The van der Waals surface area contributed by atoms with E-state index in [9.17, 15) is 0 Å². The number of hydrogen-bond acceptors (Lipinski definition) is 5. The first kappa shape index (κ1) is 11.6. The van der Waals surface area contributed by atoms with Gasteiger partial charge in [0.1, 0.15) is 10.7 Å². The van der Waals surface area contributed by atoms with Crippen LogP contribution < -0.4 is 5.32 Å². The molecule has 6 heteroatoms. The summed E-state index contributed by atoms with van der Waals surface area (Å²) in [7, 11) is 0. The van der Waals surface area contributed by atoms with E-state index < -0.39 is 0 Å². The topological polar surface area (TPSA) is 55.6 Å². The molecular weight excluding hydrogens is 246 g/mol. The lowest BCUT2D eigenvalue weighted by atomic mass is 10.0. The molecule has 1 aliphatic carbocycles. The van der Waals surface area contributed by atoms with Crippen molar-refractivity contribution in [3.8, 4) is 0 Å². The summed E-state index contributed by atoms with van der Waals surface area (Å²) in [6, 6.07) is 0. The van der Waals surface area contributed by atoms with Crippen LogP contribution in [0.3, 0.4) is 0 Å². The second-order valence-corrected chi connectivity index (χ2v) is 5.31. The largest absolute Gasteiger partial charge is 0.374 e. The molecule has 0 aliphatic heterocycles. The van der Waals surface area contributed by atoms with Gasteiger partial charge in [0.05, 0.1) is 18.6 Å². The van der Waals surface area contributed by atoms with Crippen LogP contribution in [0.5, 0.6) is 0 Å². The van der Waals surface area contributed by atoms with Gasteiger partial charge in [0, 0.05) is 23.8 Å². The molecule has 0 amide bonds. The van der Waals surface area contributed by atoms with Crippen LogP contribution in [0.25, 0.3) is 0 Å². The van der Waals surface area contributed by atoms with E-state index in [-0.39, 0.29) is 0 Å². The summed E-state index contributed by atoms with van der Waals surface area (Å²) in [5, 5.41) is 8.60. The monoisotopic (exact) mass is 263 g/mol. The molecule has 2 aromatic heterocycles. The molecular formula is C12H17N5S. The number of nitrogens with zero attached hydrogens (tertiary/aromatic N) is 4. The smallest absolute Gasteiger partial charge is 0.135 e. The van der Waals surface area contributed by atoms with Crippen LogP contribution in [-0.2, 0) is 19.4 Å². The van der Waals surface area contributed by atoms with Crippen molar-refractivity contribution in [2.45, 2.75) is 39.2 Å². The maximum atomic E-state index is 4.51. The van der Waals surface area contributed by atoms with Gasteiger partial charge in [-0.05, 0) is 32.6 Å². The summed E-state index contributed by atoms with van der Waals surface area (Å²) in [6.45, 7) is 3.77. The lowest BCUT2D eigenvalue weighted by molar-refractivity contribution is 0.625. The number of fused-ring (bicyclic) bond motifs is 1. The highest BCUT2D eigenvalue weighted by atomic mass is 32.1. The molecule has 3 rings (SSSR count). The highest BCUT2D eigenvalue weighted by Gasteiger charge is 2.17. The number of rotatable bonds is 4. The Morgan fingerprint density at radius 2 is 2.28 bits per heavy atom. The Balaban J connectivity index is 1.83. The second kappa shape index (κ2) is 5.06. The van der Waals surface area contributed by atoms with Gasteiger partial charge < -0.3 is 9.88 Å². The molecule has 0 aromatic carbocycles. The fraction of sp³-hybridized carbons (Fsp3) is 0.583. The summed E-state index contributed by atoms with van der Waals surface area (Å²) >= 11 is 1.43. The number of hydrogen-bond donors (Lipinski definition) is 1. The molecule has 2 aromatic rings. The summed E-state index contributed by atoms with van der Waals surface area (Å²) in [6.07, 6.45) is 6.76. The molecule has 0 atom stereocenters. The molecule has 18 heavy (non-hydrogen) atoms. The molecule has 0 saturated heterocycles. The minimum absolute atomic E-state index is 0.779. The number of nitrogens with one attached hydrogen (secondary N) is 1. The van der Waals surface area contributed by atoms with Crippen LogP contribution in [0.1, 0.15) is 36.8 Å². The number of aromatic nitrogens is 4. The van der Waals surface area contributed by atoms with E-state index in [0.29, 0.717) is 0 Å². The van der Waals surface area contributed by atoms with E-state index in [1.165, 1.54) is 35.8 Å². The highest BCUT2D eigenvalue weighted by molar-refractivity contribution is 7.10. The zero-order valence-electron chi connectivity index (χ0n) is 10.5. The minimum Gasteiger partial charge on any atom is -0.374 e. The maximum Gasteiger partial charge on any atom is 0.135 e. The van der Waals surface area contributed by atoms with Gasteiger partial charge in [-0.15, -0.1) is 5.10 Å². The first-order valence-corrected chi connectivity index (χ1v) is 7.23. The van der Waals surface area contributed by atoms with Crippen molar-refractivity contribution in [2.75, 3.05) is 11.9 Å². The molecule has 0 saturated carbocycles. The molecule has 96 valence electrons. The Morgan fingerprint density at radius 3 is 3.17 bits per heavy atom. The van der Waals surface area contributed by atoms with Crippen molar-refractivity contribution in [1.29, 1.82) is 0 Å². The van der Waals surface area contributed by atoms with Gasteiger partial charge in [0.15, 0.2) is 0 Å². The molecule has 0 unspecified atom stereocenters. The number of aryl methyl sites for hydroxylation is 1. The van der Waals surface area contributed by atoms with Crippen molar-refractivity contribution >= 4 is 16.5 Å². The molecule has 1 N–H and O–H groups in total. The van der Waals surface area contributed by atoms with Crippen LogP contribution in [0.15, 0.2) is 6.33 Å². The van der Waals surface area contributed by atoms with Crippen LogP contribution in [0.2, 0.25) is 0 Å². The molecule has 1 aliphatic rings. The highest BCUT2D eigenvalue weighted by Crippen LogP contribution is 2.23. The third-order valence-corrected chi connectivity index (χ3v) is 4.05. The lowest BCUT2D eigenvalue weighted by Crippen LogP contribution is -2.10. The number of imidazole rings is 1. The molecule has 0 bridgehead atoms. The van der Waals surface area contributed by atoms with Gasteiger partial charge in [-0.3, -0.25) is 0 Å². The molecule has 0 spiro atoms. The van der Waals surface area contributed by atoms with E-state index >= 15 is 0 Å². The van der Waals surface area contributed by atoms with Crippen LogP contribution in [-0.4, -0.2) is 25.7 Å². The molecule has 0 fully saturated rings. The third kappa shape index (κ3) is 2.12. The first-order valence-electron chi connectivity index (χ1n) is 6.46. The van der Waals surface area contributed by atoms with Crippen LogP contribution >= 0.6 is 11.5 Å². The Bertz CT molecular complexity index is 530. The van der Waals surface area contributed by atoms with Gasteiger partial charge in [0.25, 0.3) is 0 Å². The average molecular weight is 263 g/mol. The van der Waals surface area contributed by atoms with Gasteiger partial charge in [-0.1, -0.05) is 4.49 Å². The van der Waals surface area contributed by atoms with Crippen molar-refractivity contribution in [3.63, 3.8) is 0 Å². The van der Waals surface area contributed by atoms with E-state index in [2.05, 4.69) is 31.4 Å². The standard InChI is InChI=1S/C12H17N5S/c1-2-13-12-10(15-16-18-12)7-17-8-14-9-5-3-4-6-11(9)17/h8,13H,2-7H2,1H3. The summed E-state index contributed by atoms with van der Waals surface area (Å²) in [4.78, 5) is 4.51. The maximum absolute atomic E-state index is 4.51. The van der Waals surface area contributed by atoms with E-state index in [4.69, 9.17) is 0 Å². The predicted molar refractivity (Wildman–Crippen MR) is 72.0 cm³/mol. The Morgan fingerprint density at radius 1 is 1.39 bits per heavy atom. The second-order valence-electron chi connectivity index (χ2n) is 4.55. The Labute approximate surface area is 110 Å². The molecule has 0 radical (unpaired) electrons. The van der Waals surface area contributed by atoms with E-state index in [0.717, 1.165) is 36.6 Å². The average Bonchev–Trinajstić information content (AvgIpc) is 2.99. The number of anilines is 1. The SMILES string of the molecule is CCNc1snnc1Cn1cnc2c1CCCC2. The van der Waals surface area contributed by atoms with E-state index in [1.807, 2.05) is 6.33 Å². The van der Waals surface area contributed by atoms with Crippen molar-refractivity contribution in [2.24, 2.45) is 0 Å². The quantitative estimate of drug-likeness (QED) is 0.917. The fourth-order valence-corrected chi connectivity index (χ4v) is 3.08. The van der Waals surface area contributed by atoms with Gasteiger partial charge >= 0.3 is 0 Å². The summed E-state index contributed by atoms with van der Waals surface area (Å²) < 4.78 is 6.26. The summed E-state index contributed by atoms with van der Waals surface area (Å²) in [5.41, 5.74) is 3.68. The van der Waals surface area contributed by atoms with Gasteiger partial charge in [-0.2, -0.15) is 0 Å². The van der Waals surface area contributed by atoms with Crippen molar-refractivity contribution in [1.82, 2.24) is 19.1 Å². The third-order valence-electron chi connectivity index (χ3n) is 3.32. The van der Waals surface area contributed by atoms with Crippen LogP contribution in [0, 0.1) is 0 Å². The van der Waals surface area contributed by atoms with Gasteiger partial charge in [0.2, 0.25) is 0 Å². The zero-order valence-corrected chi connectivity index (χ0v) is 11.3. The normalized spacial score (nSPS) is 14.5. The first-order chi connectivity index (χ1) is 8.88. The predicted octanol–water partition coefficient (Wildman–Crippen LogP) is 2.09. The molecule has 2 heterocycles. The Kier molecular flexibility index (Phi) is 3.27. The lowest BCUT2D eigenvalue weighted by Gasteiger charge is -2.13. The van der Waals surface area contributed by atoms with Crippen LogP contribution in [0.4, 0.5) is 5.00 Å². The van der Waals surface area contributed by atoms with Crippen molar-refractivity contribution < 1.29 is 0 Å². The Hall–Kier alpha value is -1.43. The molecule has 5 nitrogen and oxygen atoms in total. The summed E-state index contributed by atoms with van der Waals surface area (Å²) in [5.74, 6) is 0. The van der Waals surface area contributed by atoms with Crippen molar-refractivity contribution in [3.05, 3.63) is 23.4 Å².